The van der Waals surface area contributed by atoms with Crippen LogP contribution in [0.3, 0.4) is 0 Å². The van der Waals surface area contributed by atoms with Gasteiger partial charge in [-0.2, -0.15) is 0 Å². The number of hydrogen-bond donors (Lipinski definition) is 1. The smallest absolute Gasteiger partial charge is 0.252 e. The second-order valence-corrected chi connectivity index (χ2v) is 9.60. The van der Waals surface area contributed by atoms with Crippen LogP contribution in [0.5, 0.6) is 5.75 Å². The molecule has 0 amide bonds. The van der Waals surface area contributed by atoms with E-state index in [4.69, 9.17) is 13.9 Å². The highest BCUT2D eigenvalue weighted by Crippen LogP contribution is 2.31. The lowest BCUT2D eigenvalue weighted by Gasteiger charge is -2.33. The predicted octanol–water partition coefficient (Wildman–Crippen LogP) is 3.69. The van der Waals surface area contributed by atoms with Crippen LogP contribution in [0.4, 0.5) is 0 Å². The molecule has 1 aliphatic heterocycles. The third kappa shape index (κ3) is 5.19. The quantitative estimate of drug-likeness (QED) is 0.357. The Balaban J connectivity index is 1.51. The van der Waals surface area contributed by atoms with Crippen molar-refractivity contribution in [2.45, 2.75) is 58.5 Å². The number of hydrogen-bond acceptors (Lipinski definition) is 8. The molecular weight excluding hydrogens is 460 g/mol. The average Bonchev–Trinajstić information content (AvgIpc) is 3.64. The van der Waals surface area contributed by atoms with Crippen LogP contribution >= 0.6 is 0 Å². The van der Waals surface area contributed by atoms with Crippen molar-refractivity contribution < 1.29 is 13.9 Å². The fourth-order valence-electron chi connectivity index (χ4n) is 4.97. The van der Waals surface area contributed by atoms with Gasteiger partial charge in [0, 0.05) is 29.6 Å². The van der Waals surface area contributed by atoms with Gasteiger partial charge in [0.15, 0.2) is 5.82 Å². The van der Waals surface area contributed by atoms with Gasteiger partial charge >= 0.3 is 0 Å². The lowest BCUT2D eigenvalue weighted by molar-refractivity contribution is 0.0836. The van der Waals surface area contributed by atoms with Crippen molar-refractivity contribution in [3.05, 3.63) is 70.2 Å². The van der Waals surface area contributed by atoms with E-state index < -0.39 is 0 Å². The number of methoxy groups -OCH3 is 1. The van der Waals surface area contributed by atoms with E-state index in [1.54, 1.807) is 13.4 Å². The van der Waals surface area contributed by atoms with E-state index in [0.717, 1.165) is 47.7 Å². The van der Waals surface area contributed by atoms with Crippen molar-refractivity contribution in [2.24, 2.45) is 5.92 Å². The second kappa shape index (κ2) is 10.6. The minimum absolute atomic E-state index is 0.108. The van der Waals surface area contributed by atoms with Crippen LogP contribution < -0.4 is 10.3 Å². The Labute approximate surface area is 209 Å². The summed E-state index contributed by atoms with van der Waals surface area (Å²) in [5, 5.41) is 13.6. The van der Waals surface area contributed by atoms with E-state index >= 15 is 0 Å². The number of tetrazole rings is 1. The number of ether oxygens (including phenoxy) is 2. The number of fused-ring (bicyclic) bond motifs is 1. The minimum atomic E-state index is -0.160. The fourth-order valence-corrected chi connectivity index (χ4v) is 4.97. The fraction of sp³-hybridized carbons (Fsp3) is 0.462. The molecule has 36 heavy (non-hydrogen) atoms. The summed E-state index contributed by atoms with van der Waals surface area (Å²) in [6, 6.07) is 11.2. The highest BCUT2D eigenvalue weighted by molar-refractivity contribution is 5.80. The predicted molar refractivity (Wildman–Crippen MR) is 133 cm³/mol. The molecule has 0 unspecified atom stereocenters. The Bertz CT molecular complexity index is 1340. The molecule has 10 nitrogen and oxygen atoms in total. The van der Waals surface area contributed by atoms with Crippen LogP contribution in [0, 0.1) is 5.92 Å². The summed E-state index contributed by atoms with van der Waals surface area (Å²) >= 11 is 0. The zero-order valence-corrected chi connectivity index (χ0v) is 20.9. The molecule has 1 aromatic carbocycles. The van der Waals surface area contributed by atoms with Crippen LogP contribution in [-0.2, 0) is 24.4 Å². The van der Waals surface area contributed by atoms with Crippen LogP contribution in [-0.4, -0.2) is 49.9 Å². The first kappa shape index (κ1) is 24.2. The molecule has 0 bridgehead atoms. The number of benzene rings is 1. The normalized spacial score (nSPS) is 16.9. The highest BCUT2D eigenvalue weighted by Gasteiger charge is 2.31. The van der Waals surface area contributed by atoms with Gasteiger partial charge in [-0.25, -0.2) is 4.68 Å². The van der Waals surface area contributed by atoms with Crippen LogP contribution in [0.25, 0.3) is 10.9 Å². The van der Waals surface area contributed by atoms with Crippen molar-refractivity contribution in [1.29, 1.82) is 0 Å². The number of H-pyrrole nitrogens is 1. The van der Waals surface area contributed by atoms with Gasteiger partial charge in [-0.3, -0.25) is 9.69 Å². The summed E-state index contributed by atoms with van der Waals surface area (Å²) in [7, 11) is 1.63. The maximum absolute atomic E-state index is 13.1. The zero-order valence-electron chi connectivity index (χ0n) is 20.9. The summed E-state index contributed by atoms with van der Waals surface area (Å²) in [6.45, 7) is 6.55. The summed E-state index contributed by atoms with van der Waals surface area (Å²) in [5.41, 5.74) is 1.28. The highest BCUT2D eigenvalue weighted by atomic mass is 16.5. The minimum Gasteiger partial charge on any atom is -0.497 e. The number of aromatic nitrogens is 5. The molecule has 0 saturated carbocycles. The maximum atomic E-state index is 13.1. The molecule has 1 fully saturated rings. The number of aromatic amines is 1. The molecule has 1 saturated heterocycles. The summed E-state index contributed by atoms with van der Waals surface area (Å²) < 4.78 is 18.8. The summed E-state index contributed by atoms with van der Waals surface area (Å²) in [5.74, 6) is 2.46. The Morgan fingerprint density at radius 1 is 1.25 bits per heavy atom. The van der Waals surface area contributed by atoms with E-state index in [1.807, 2.05) is 41.1 Å². The van der Waals surface area contributed by atoms with Crippen LogP contribution in [0.2, 0.25) is 0 Å². The first-order chi connectivity index (χ1) is 17.5. The molecule has 4 aromatic rings. The van der Waals surface area contributed by atoms with E-state index in [2.05, 4.69) is 39.3 Å². The SMILES string of the molecule is COc1ccc2[nH]c(=O)c(CN(Cc3ccco3)[C@@H](c3nnnn3C[C@H]3CCCO3)C(C)C)cc2c1. The summed E-state index contributed by atoms with van der Waals surface area (Å²) in [6.07, 6.45) is 3.82. The van der Waals surface area contributed by atoms with Gasteiger partial charge in [0.05, 0.1) is 38.6 Å². The summed E-state index contributed by atoms with van der Waals surface area (Å²) in [4.78, 5) is 18.3. The van der Waals surface area contributed by atoms with Crippen molar-refractivity contribution in [1.82, 2.24) is 30.1 Å². The first-order valence-corrected chi connectivity index (χ1v) is 12.4. The third-order valence-electron chi connectivity index (χ3n) is 6.69. The molecule has 190 valence electrons. The van der Waals surface area contributed by atoms with Gasteiger partial charge in [-0.05, 0) is 65.6 Å². The molecule has 4 heterocycles. The van der Waals surface area contributed by atoms with Gasteiger partial charge in [0.25, 0.3) is 5.56 Å². The van der Waals surface area contributed by atoms with Crippen molar-refractivity contribution in [2.75, 3.05) is 13.7 Å². The third-order valence-corrected chi connectivity index (χ3v) is 6.69. The van der Waals surface area contributed by atoms with Gasteiger partial charge in [-0.15, -0.1) is 5.10 Å². The zero-order chi connectivity index (χ0) is 25.1. The molecule has 1 aliphatic rings. The van der Waals surface area contributed by atoms with Crippen LogP contribution in [0.1, 0.15) is 49.9 Å². The topological polar surface area (TPSA) is 111 Å². The van der Waals surface area contributed by atoms with E-state index in [1.165, 1.54) is 0 Å². The Hall–Kier alpha value is -3.50. The lowest BCUT2D eigenvalue weighted by atomic mass is 10.00. The molecule has 0 radical (unpaired) electrons. The van der Waals surface area contributed by atoms with Crippen molar-refractivity contribution >= 4 is 10.9 Å². The lowest BCUT2D eigenvalue weighted by Crippen LogP contribution is -2.35. The maximum Gasteiger partial charge on any atom is 0.252 e. The molecular formula is C26H32N6O4. The van der Waals surface area contributed by atoms with Gasteiger partial charge in [0.2, 0.25) is 0 Å². The number of nitrogens with one attached hydrogen (secondary N) is 1. The number of nitrogens with zero attached hydrogens (tertiary/aromatic N) is 5. The molecule has 0 aliphatic carbocycles. The largest absolute Gasteiger partial charge is 0.497 e. The molecule has 3 aromatic heterocycles. The number of rotatable bonds is 10. The first-order valence-electron chi connectivity index (χ1n) is 12.4. The Kier molecular flexibility index (Phi) is 7.15. The monoisotopic (exact) mass is 492 g/mol. The van der Waals surface area contributed by atoms with Gasteiger partial charge in [0.1, 0.15) is 11.5 Å². The second-order valence-electron chi connectivity index (χ2n) is 9.60. The van der Waals surface area contributed by atoms with Gasteiger partial charge < -0.3 is 18.9 Å². The molecule has 5 rings (SSSR count). The standard InChI is InChI=1S/C26H32N6O4/c1-17(2)24(25-28-29-30-32(25)16-22-7-5-11-36-22)31(15-21-6-4-10-35-21)14-19-12-18-13-20(34-3)8-9-23(18)27-26(19)33/h4,6,8-10,12-13,17,22,24H,5,7,11,14-16H2,1-3H3,(H,27,33)/t22-,24-/m1/s1. The molecule has 1 N–H and O–H groups in total. The van der Waals surface area contributed by atoms with Gasteiger partial charge in [-0.1, -0.05) is 13.8 Å². The Morgan fingerprint density at radius 2 is 2.14 bits per heavy atom. The van der Waals surface area contributed by atoms with E-state index in [0.29, 0.717) is 25.2 Å². The van der Waals surface area contributed by atoms with Crippen molar-refractivity contribution in [3.63, 3.8) is 0 Å². The Morgan fingerprint density at radius 3 is 2.86 bits per heavy atom. The number of pyridine rings is 1. The molecule has 0 spiro atoms. The number of furan rings is 1. The average molecular weight is 493 g/mol. The van der Waals surface area contributed by atoms with E-state index in [9.17, 15) is 4.79 Å². The molecule has 2 atom stereocenters. The van der Waals surface area contributed by atoms with Crippen molar-refractivity contribution in [3.8, 4) is 5.75 Å². The van der Waals surface area contributed by atoms with E-state index in [-0.39, 0.29) is 23.6 Å². The molecule has 10 heteroatoms. The van der Waals surface area contributed by atoms with Crippen LogP contribution in [0.15, 0.2) is 51.9 Å².